The molecule has 1 aromatic heterocycles. The van der Waals surface area contributed by atoms with Crippen molar-refractivity contribution in [3.8, 4) is 27.9 Å². The van der Waals surface area contributed by atoms with E-state index < -0.39 is 0 Å². The van der Waals surface area contributed by atoms with Crippen LogP contribution in [0.1, 0.15) is 47.8 Å². The van der Waals surface area contributed by atoms with Crippen molar-refractivity contribution in [1.82, 2.24) is 0 Å². The second-order valence-electron chi connectivity index (χ2n) is 9.79. The van der Waals surface area contributed by atoms with Crippen LogP contribution in [-0.2, 0) is 12.8 Å². The molecule has 0 fully saturated rings. The highest BCUT2D eigenvalue weighted by atomic mass is 15.0. The van der Waals surface area contributed by atoms with E-state index in [0.717, 1.165) is 12.8 Å². The van der Waals surface area contributed by atoms with Crippen molar-refractivity contribution in [2.75, 3.05) is 0 Å². The van der Waals surface area contributed by atoms with Crippen LogP contribution in [0.5, 0.6) is 0 Å². The zero-order valence-electron chi connectivity index (χ0n) is 19.1. The molecule has 0 atom stereocenters. The van der Waals surface area contributed by atoms with E-state index >= 15 is 0 Å². The van der Waals surface area contributed by atoms with Crippen molar-refractivity contribution >= 4 is 10.8 Å². The Labute approximate surface area is 195 Å². The van der Waals surface area contributed by atoms with Gasteiger partial charge in [-0.2, -0.15) is 4.57 Å². The minimum atomic E-state index is 0.539. The number of pyridine rings is 1. The number of fused-ring (bicyclic) bond motifs is 8. The molecule has 0 bridgehead atoms. The molecular formula is C32H26N+. The third-order valence-corrected chi connectivity index (χ3v) is 7.54. The van der Waals surface area contributed by atoms with Crippen LogP contribution in [0, 0.1) is 0 Å². The van der Waals surface area contributed by atoms with E-state index in [1.165, 1.54) is 66.8 Å². The fourth-order valence-electron chi connectivity index (χ4n) is 5.93. The van der Waals surface area contributed by atoms with Gasteiger partial charge in [0.1, 0.15) is 0 Å². The number of benzene rings is 4. The largest absolute Gasteiger partial charge is 0.214 e. The molecule has 0 spiro atoms. The molecule has 2 heterocycles. The standard InChI is InChI=1S/C32H26N/c1-20(2)21-11-13-22(14-12-21)31-27-9-5-3-7-23(27)17-25-19-30-28(32(25)31)16-15-26-18-24-8-4-6-10-29(24)33(26)30/h3-17,20H,18-19H2,1-2H3/q+1. The summed E-state index contributed by atoms with van der Waals surface area (Å²) in [5.74, 6) is 0.539. The summed E-state index contributed by atoms with van der Waals surface area (Å²) in [5.41, 5.74) is 13.9. The van der Waals surface area contributed by atoms with Gasteiger partial charge in [0.15, 0.2) is 11.4 Å². The van der Waals surface area contributed by atoms with Crippen molar-refractivity contribution in [2.24, 2.45) is 0 Å². The predicted molar refractivity (Wildman–Crippen MR) is 136 cm³/mol. The number of hydrogen-bond acceptors (Lipinski definition) is 0. The molecule has 0 saturated heterocycles. The zero-order valence-corrected chi connectivity index (χ0v) is 19.1. The van der Waals surface area contributed by atoms with Crippen molar-refractivity contribution < 1.29 is 4.57 Å². The van der Waals surface area contributed by atoms with Crippen LogP contribution >= 0.6 is 0 Å². The smallest absolute Gasteiger partial charge is 0.160 e. The van der Waals surface area contributed by atoms with E-state index in [-0.39, 0.29) is 0 Å². The first-order valence-corrected chi connectivity index (χ1v) is 12.0. The first-order valence-electron chi connectivity index (χ1n) is 12.0. The summed E-state index contributed by atoms with van der Waals surface area (Å²) in [6.45, 7) is 4.52. The van der Waals surface area contributed by atoms with Gasteiger partial charge in [0.05, 0.1) is 18.4 Å². The minimum Gasteiger partial charge on any atom is -0.160 e. The second-order valence-corrected chi connectivity index (χ2v) is 9.79. The molecule has 0 N–H and O–H groups in total. The third kappa shape index (κ3) is 2.69. The molecule has 1 aliphatic carbocycles. The Kier molecular flexibility index (Phi) is 3.93. The maximum absolute atomic E-state index is 2.53. The van der Waals surface area contributed by atoms with E-state index in [1.807, 2.05) is 0 Å². The molecule has 158 valence electrons. The quantitative estimate of drug-likeness (QED) is 0.255. The Balaban J connectivity index is 1.52. The summed E-state index contributed by atoms with van der Waals surface area (Å²) >= 11 is 0. The lowest BCUT2D eigenvalue weighted by Crippen LogP contribution is -2.36. The van der Waals surface area contributed by atoms with Crippen molar-refractivity contribution in [3.05, 3.63) is 119 Å². The fourth-order valence-corrected chi connectivity index (χ4v) is 5.93. The molecule has 33 heavy (non-hydrogen) atoms. The van der Waals surface area contributed by atoms with Crippen LogP contribution < -0.4 is 4.57 Å². The predicted octanol–water partition coefficient (Wildman–Crippen LogP) is 7.38. The highest BCUT2D eigenvalue weighted by molar-refractivity contribution is 6.06. The summed E-state index contributed by atoms with van der Waals surface area (Å²) < 4.78 is 2.53. The Hall–Kier alpha value is -3.71. The second kappa shape index (κ2) is 6.89. The maximum atomic E-state index is 2.53. The molecule has 2 aliphatic rings. The fraction of sp³-hybridized carbons (Fsp3) is 0.156. The Morgan fingerprint density at radius 2 is 1.48 bits per heavy atom. The maximum Gasteiger partial charge on any atom is 0.214 e. The van der Waals surface area contributed by atoms with Gasteiger partial charge >= 0.3 is 0 Å². The summed E-state index contributed by atoms with van der Waals surface area (Å²) in [6, 6.07) is 34.1. The molecule has 1 nitrogen and oxygen atoms in total. The number of hydrogen-bond donors (Lipinski definition) is 0. The SMILES string of the molecule is CC(C)c1ccc(-c2c3c(cc4ccccc24)Cc2c-3ccc3[n+]2-c2ccccc2C3)cc1. The molecule has 0 unspecified atom stereocenters. The molecule has 0 saturated carbocycles. The lowest BCUT2D eigenvalue weighted by atomic mass is 9.88. The first-order chi connectivity index (χ1) is 16.2. The molecule has 5 aromatic rings. The molecule has 7 rings (SSSR count). The van der Waals surface area contributed by atoms with Gasteiger partial charge in [0.25, 0.3) is 0 Å². The first kappa shape index (κ1) is 18.8. The Morgan fingerprint density at radius 3 is 2.33 bits per heavy atom. The summed E-state index contributed by atoms with van der Waals surface area (Å²) in [6.07, 6.45) is 2.00. The molecule has 0 radical (unpaired) electrons. The molecular weight excluding hydrogens is 398 g/mol. The van der Waals surface area contributed by atoms with E-state index in [2.05, 4.69) is 109 Å². The molecule has 1 aliphatic heterocycles. The van der Waals surface area contributed by atoms with Crippen LogP contribution in [0.3, 0.4) is 0 Å². The average Bonchev–Trinajstić information content (AvgIpc) is 3.40. The summed E-state index contributed by atoms with van der Waals surface area (Å²) in [5, 5.41) is 2.67. The lowest BCUT2D eigenvalue weighted by Gasteiger charge is -2.15. The van der Waals surface area contributed by atoms with Gasteiger partial charge in [0.2, 0.25) is 5.69 Å². The van der Waals surface area contributed by atoms with Gasteiger partial charge in [-0.05, 0) is 51.1 Å². The van der Waals surface area contributed by atoms with Crippen LogP contribution in [0.4, 0.5) is 0 Å². The van der Waals surface area contributed by atoms with Crippen LogP contribution in [0.2, 0.25) is 0 Å². The van der Waals surface area contributed by atoms with Gasteiger partial charge in [-0.15, -0.1) is 0 Å². The van der Waals surface area contributed by atoms with E-state index in [4.69, 9.17) is 0 Å². The molecule has 4 aromatic carbocycles. The Morgan fingerprint density at radius 1 is 0.697 bits per heavy atom. The van der Waals surface area contributed by atoms with E-state index in [1.54, 1.807) is 0 Å². The summed E-state index contributed by atoms with van der Waals surface area (Å²) in [4.78, 5) is 0. The topological polar surface area (TPSA) is 3.88 Å². The highest BCUT2D eigenvalue weighted by Gasteiger charge is 2.37. The van der Waals surface area contributed by atoms with Gasteiger partial charge < -0.3 is 0 Å². The average molecular weight is 425 g/mol. The minimum absolute atomic E-state index is 0.539. The zero-order chi connectivity index (χ0) is 22.1. The Bertz CT molecular complexity index is 1570. The van der Waals surface area contributed by atoms with Crippen molar-refractivity contribution in [1.29, 1.82) is 0 Å². The van der Waals surface area contributed by atoms with Crippen LogP contribution in [-0.4, -0.2) is 0 Å². The number of para-hydroxylation sites is 1. The van der Waals surface area contributed by atoms with E-state index in [9.17, 15) is 0 Å². The third-order valence-electron chi connectivity index (χ3n) is 7.54. The lowest BCUT2D eigenvalue weighted by molar-refractivity contribution is -0.604. The monoisotopic (exact) mass is 424 g/mol. The molecule has 1 heteroatoms. The van der Waals surface area contributed by atoms with Gasteiger partial charge in [-0.25, -0.2) is 0 Å². The van der Waals surface area contributed by atoms with Crippen LogP contribution in [0.15, 0.2) is 91.0 Å². The van der Waals surface area contributed by atoms with Crippen molar-refractivity contribution in [2.45, 2.75) is 32.6 Å². The van der Waals surface area contributed by atoms with Crippen LogP contribution in [0.25, 0.3) is 38.7 Å². The number of nitrogens with zero attached hydrogens (tertiary/aromatic N) is 1. The normalized spacial score (nSPS) is 13.2. The van der Waals surface area contributed by atoms with Gasteiger partial charge in [0, 0.05) is 23.3 Å². The highest BCUT2D eigenvalue weighted by Crippen LogP contribution is 2.46. The van der Waals surface area contributed by atoms with Gasteiger partial charge in [-0.3, -0.25) is 0 Å². The molecule has 0 amide bonds. The van der Waals surface area contributed by atoms with Crippen molar-refractivity contribution in [3.63, 3.8) is 0 Å². The summed E-state index contributed by atoms with van der Waals surface area (Å²) in [7, 11) is 0. The van der Waals surface area contributed by atoms with Gasteiger partial charge in [-0.1, -0.05) is 80.6 Å². The number of rotatable bonds is 2. The van der Waals surface area contributed by atoms with E-state index in [0.29, 0.717) is 5.92 Å². The number of aromatic nitrogens is 1.